The van der Waals surface area contributed by atoms with Crippen LogP contribution in [0.25, 0.3) is 0 Å². The van der Waals surface area contributed by atoms with Gasteiger partial charge in [0.25, 0.3) is 0 Å². The van der Waals surface area contributed by atoms with Gasteiger partial charge in [-0.2, -0.15) is 0 Å². The van der Waals surface area contributed by atoms with Crippen LogP contribution in [-0.4, -0.2) is 33.6 Å². The fraction of sp³-hybridized carbons (Fsp3) is 0.333. The highest BCUT2D eigenvalue weighted by Gasteiger charge is 2.16. The molecule has 0 unspecified atom stereocenters. The number of amides is 1. The van der Waals surface area contributed by atoms with E-state index in [-0.39, 0.29) is 24.7 Å². The lowest BCUT2D eigenvalue weighted by Gasteiger charge is -2.12. The molecule has 132 valence electrons. The molecule has 1 aliphatic rings. The molecule has 2 aromatic rings. The van der Waals surface area contributed by atoms with Crippen LogP contribution in [0.5, 0.6) is 11.5 Å². The summed E-state index contributed by atoms with van der Waals surface area (Å²) >= 11 is 6.17. The number of aromatic nitrogens is 2. The average Bonchev–Trinajstić information content (AvgIpc) is 2.94. The molecule has 0 atom stereocenters. The van der Waals surface area contributed by atoms with Crippen LogP contribution < -0.4 is 14.8 Å². The number of benzene rings is 1. The first-order valence-corrected chi connectivity index (χ1v) is 7.96. The standard InChI is InChI=1S/C15H15ClN4O5/c16-10-6-12-13(25-5-1-4-24-12)7-11(10)18-15(21)2-3-19-8-14(17-9-19)20(22)23/h6-9H,1-5H2,(H,18,21). The van der Waals surface area contributed by atoms with E-state index in [1.807, 2.05) is 0 Å². The number of halogens is 1. The van der Waals surface area contributed by atoms with Crippen molar-refractivity contribution in [1.82, 2.24) is 9.55 Å². The number of hydrogen-bond donors (Lipinski definition) is 1. The van der Waals surface area contributed by atoms with Crippen molar-refractivity contribution in [2.45, 2.75) is 19.4 Å². The second kappa shape index (κ2) is 7.39. The van der Waals surface area contributed by atoms with Crippen LogP contribution in [0.3, 0.4) is 0 Å². The van der Waals surface area contributed by atoms with Gasteiger partial charge in [0, 0.05) is 31.5 Å². The third-order valence-corrected chi connectivity index (χ3v) is 3.83. The molecule has 0 radical (unpaired) electrons. The smallest absolute Gasteiger partial charge is 0.381 e. The van der Waals surface area contributed by atoms with E-state index in [0.717, 1.165) is 6.42 Å². The molecule has 1 N–H and O–H groups in total. The summed E-state index contributed by atoms with van der Waals surface area (Å²) in [6, 6.07) is 3.24. The molecule has 0 aliphatic carbocycles. The minimum absolute atomic E-state index is 0.109. The molecule has 1 aliphatic heterocycles. The molecular weight excluding hydrogens is 352 g/mol. The monoisotopic (exact) mass is 366 g/mol. The van der Waals surface area contributed by atoms with Gasteiger partial charge in [0.15, 0.2) is 11.5 Å². The van der Waals surface area contributed by atoms with Crippen molar-refractivity contribution in [2.24, 2.45) is 0 Å². The van der Waals surface area contributed by atoms with Crippen molar-refractivity contribution in [2.75, 3.05) is 18.5 Å². The van der Waals surface area contributed by atoms with E-state index in [9.17, 15) is 14.9 Å². The van der Waals surface area contributed by atoms with E-state index in [2.05, 4.69) is 10.3 Å². The van der Waals surface area contributed by atoms with Crippen LogP contribution in [0, 0.1) is 10.1 Å². The van der Waals surface area contributed by atoms with Gasteiger partial charge in [-0.25, -0.2) is 0 Å². The average molecular weight is 367 g/mol. The van der Waals surface area contributed by atoms with Crippen molar-refractivity contribution in [3.8, 4) is 11.5 Å². The number of nitrogens with zero attached hydrogens (tertiary/aromatic N) is 3. The van der Waals surface area contributed by atoms with Gasteiger partial charge in [0.1, 0.15) is 6.20 Å². The lowest BCUT2D eigenvalue weighted by atomic mass is 10.2. The van der Waals surface area contributed by atoms with Crippen molar-refractivity contribution in [3.05, 3.63) is 39.8 Å². The van der Waals surface area contributed by atoms with Gasteiger partial charge < -0.3 is 29.5 Å². The minimum Gasteiger partial charge on any atom is -0.490 e. The van der Waals surface area contributed by atoms with Crippen LogP contribution in [0.4, 0.5) is 11.5 Å². The van der Waals surface area contributed by atoms with Crippen molar-refractivity contribution in [3.63, 3.8) is 0 Å². The predicted octanol–water partition coefficient (Wildman–Crippen LogP) is 2.63. The van der Waals surface area contributed by atoms with Crippen LogP contribution in [0.15, 0.2) is 24.7 Å². The minimum atomic E-state index is -0.589. The zero-order valence-electron chi connectivity index (χ0n) is 13.1. The van der Waals surface area contributed by atoms with Gasteiger partial charge in [-0.3, -0.25) is 4.79 Å². The molecule has 10 heteroatoms. The van der Waals surface area contributed by atoms with Crippen LogP contribution in [0.2, 0.25) is 5.02 Å². The number of rotatable bonds is 5. The molecule has 1 aromatic carbocycles. The summed E-state index contributed by atoms with van der Waals surface area (Å²) in [6.45, 7) is 1.34. The number of imidazole rings is 1. The third-order valence-electron chi connectivity index (χ3n) is 3.52. The lowest BCUT2D eigenvalue weighted by molar-refractivity contribution is -0.389. The zero-order chi connectivity index (χ0) is 17.8. The Labute approximate surface area is 147 Å². The Bertz CT molecular complexity index is 807. The van der Waals surface area contributed by atoms with Crippen LogP contribution in [-0.2, 0) is 11.3 Å². The molecule has 25 heavy (non-hydrogen) atoms. The Morgan fingerprint density at radius 1 is 1.36 bits per heavy atom. The molecule has 0 fully saturated rings. The number of ether oxygens (including phenoxy) is 2. The van der Waals surface area contributed by atoms with E-state index < -0.39 is 4.92 Å². The summed E-state index contributed by atoms with van der Waals surface area (Å²) < 4.78 is 12.6. The molecule has 2 heterocycles. The molecule has 0 saturated carbocycles. The number of anilines is 1. The van der Waals surface area contributed by atoms with Gasteiger partial charge in [0.05, 0.1) is 23.9 Å². The first-order chi connectivity index (χ1) is 12.0. The first kappa shape index (κ1) is 17.0. The molecule has 0 spiro atoms. The van der Waals surface area contributed by atoms with Gasteiger partial charge >= 0.3 is 5.82 Å². The number of nitro groups is 1. The Morgan fingerprint density at radius 2 is 2.08 bits per heavy atom. The van der Waals surface area contributed by atoms with Crippen LogP contribution in [0.1, 0.15) is 12.8 Å². The maximum atomic E-state index is 12.1. The molecule has 9 nitrogen and oxygen atoms in total. The van der Waals surface area contributed by atoms with Gasteiger partial charge in [-0.1, -0.05) is 11.6 Å². The summed E-state index contributed by atoms with van der Waals surface area (Å²) in [6.07, 6.45) is 3.46. The fourth-order valence-electron chi connectivity index (χ4n) is 2.29. The largest absolute Gasteiger partial charge is 0.490 e. The summed E-state index contributed by atoms with van der Waals surface area (Å²) in [4.78, 5) is 25.7. The topological polar surface area (TPSA) is 109 Å². The summed E-state index contributed by atoms with van der Waals surface area (Å²) in [7, 11) is 0. The van der Waals surface area contributed by atoms with E-state index >= 15 is 0 Å². The van der Waals surface area contributed by atoms with Gasteiger partial charge in [-0.05, 0) is 9.91 Å². The Hall–Kier alpha value is -2.81. The predicted molar refractivity (Wildman–Crippen MR) is 89.2 cm³/mol. The SMILES string of the molecule is O=C(CCn1cnc([N+](=O)[O-])c1)Nc1cc2c(cc1Cl)OCCCO2. The van der Waals surface area contributed by atoms with E-state index in [0.29, 0.717) is 35.4 Å². The lowest BCUT2D eigenvalue weighted by Crippen LogP contribution is -2.14. The number of aryl methyl sites for hydroxylation is 1. The number of nitrogens with one attached hydrogen (secondary N) is 1. The quantitative estimate of drug-likeness (QED) is 0.643. The molecule has 1 aromatic heterocycles. The normalized spacial score (nSPS) is 13.2. The maximum Gasteiger partial charge on any atom is 0.381 e. The number of carbonyl (C=O) groups excluding carboxylic acids is 1. The summed E-state index contributed by atoms with van der Waals surface area (Å²) in [5.74, 6) is 0.535. The summed E-state index contributed by atoms with van der Waals surface area (Å²) in [5, 5.41) is 13.6. The second-order valence-electron chi connectivity index (χ2n) is 5.35. The van der Waals surface area contributed by atoms with E-state index in [1.165, 1.54) is 17.1 Å². The zero-order valence-corrected chi connectivity index (χ0v) is 13.9. The molecule has 1 amide bonds. The number of carbonyl (C=O) groups is 1. The van der Waals surface area contributed by atoms with E-state index in [1.54, 1.807) is 12.1 Å². The van der Waals surface area contributed by atoms with E-state index in [4.69, 9.17) is 21.1 Å². The number of fused-ring (bicyclic) bond motifs is 1. The number of hydrogen-bond acceptors (Lipinski definition) is 6. The second-order valence-corrected chi connectivity index (χ2v) is 5.76. The molecule has 3 rings (SSSR count). The highest BCUT2D eigenvalue weighted by atomic mass is 35.5. The van der Waals surface area contributed by atoms with Gasteiger partial charge in [-0.15, -0.1) is 0 Å². The maximum absolute atomic E-state index is 12.1. The third kappa shape index (κ3) is 4.18. The molecular formula is C15H15ClN4O5. The molecule has 0 bridgehead atoms. The molecule has 0 saturated heterocycles. The van der Waals surface area contributed by atoms with Crippen molar-refractivity contribution in [1.29, 1.82) is 0 Å². The summed E-state index contributed by atoms with van der Waals surface area (Å²) in [5.41, 5.74) is 0.424. The first-order valence-electron chi connectivity index (χ1n) is 7.58. The fourth-order valence-corrected chi connectivity index (χ4v) is 2.49. The highest BCUT2D eigenvalue weighted by Crippen LogP contribution is 2.37. The van der Waals surface area contributed by atoms with Crippen molar-refractivity contribution < 1.29 is 19.2 Å². The van der Waals surface area contributed by atoms with Crippen LogP contribution >= 0.6 is 11.6 Å². The van der Waals surface area contributed by atoms with Gasteiger partial charge in [0.2, 0.25) is 12.2 Å². The highest BCUT2D eigenvalue weighted by molar-refractivity contribution is 6.34. The van der Waals surface area contributed by atoms with Crippen molar-refractivity contribution >= 4 is 29.0 Å². The Balaban J connectivity index is 1.62. The Morgan fingerprint density at radius 3 is 2.76 bits per heavy atom. The Kier molecular flexibility index (Phi) is 5.03.